The van der Waals surface area contributed by atoms with Crippen LogP contribution < -0.4 is 4.90 Å². The maximum atomic E-state index is 13.4. The molecule has 0 unspecified atom stereocenters. The number of carbonyl (C=O) groups is 1. The molecule has 8 heteroatoms. The van der Waals surface area contributed by atoms with E-state index in [1.165, 1.54) is 0 Å². The molecule has 0 fully saturated rings. The van der Waals surface area contributed by atoms with E-state index in [2.05, 4.69) is 20.9 Å². The zero-order chi connectivity index (χ0) is 21.5. The molecule has 0 saturated carbocycles. The Hall–Kier alpha value is -2.48. The van der Waals surface area contributed by atoms with Crippen LogP contribution >= 0.6 is 15.9 Å². The number of aryl methyl sites for hydroxylation is 2. The third kappa shape index (κ3) is 4.05. The van der Waals surface area contributed by atoms with Gasteiger partial charge in [0.2, 0.25) is 0 Å². The molecule has 4 rings (SSSR count). The van der Waals surface area contributed by atoms with Crippen molar-refractivity contribution in [3.63, 3.8) is 0 Å². The van der Waals surface area contributed by atoms with Gasteiger partial charge in [-0.1, -0.05) is 6.07 Å². The monoisotopic (exact) mass is 471 g/mol. The number of nitrogens with zero attached hydrogens (tertiary/aromatic N) is 5. The van der Waals surface area contributed by atoms with Crippen molar-refractivity contribution in [3.8, 4) is 0 Å². The van der Waals surface area contributed by atoms with Gasteiger partial charge in [-0.2, -0.15) is 9.61 Å². The number of amides is 1. The SMILES string of the molecule is Cc1nn2c(N(Cc3ccccn3)C(=O)OC(C)(C)C)c3c(nc2c1Br)CCCC3. The molecule has 0 radical (unpaired) electrons. The number of rotatable bonds is 3. The number of pyridine rings is 1. The highest BCUT2D eigenvalue weighted by Crippen LogP contribution is 2.34. The number of carbonyl (C=O) groups excluding carboxylic acids is 1. The topological polar surface area (TPSA) is 72.6 Å². The van der Waals surface area contributed by atoms with Crippen molar-refractivity contribution in [2.75, 3.05) is 4.90 Å². The molecule has 1 aliphatic rings. The average Bonchev–Trinajstić information content (AvgIpc) is 2.98. The molecule has 1 amide bonds. The van der Waals surface area contributed by atoms with E-state index in [1.807, 2.05) is 45.9 Å². The third-order valence-electron chi connectivity index (χ3n) is 5.03. The van der Waals surface area contributed by atoms with Crippen molar-refractivity contribution >= 4 is 33.5 Å². The highest BCUT2D eigenvalue weighted by Gasteiger charge is 2.31. The van der Waals surface area contributed by atoms with E-state index < -0.39 is 11.7 Å². The van der Waals surface area contributed by atoms with Crippen LogP contribution in [0.4, 0.5) is 10.6 Å². The lowest BCUT2D eigenvalue weighted by atomic mass is 9.96. The first-order valence-electron chi connectivity index (χ1n) is 10.2. The number of hydrogen-bond acceptors (Lipinski definition) is 5. The second kappa shape index (κ2) is 7.98. The molecule has 0 spiro atoms. The van der Waals surface area contributed by atoms with Gasteiger partial charge in [0.1, 0.15) is 11.4 Å². The quantitative estimate of drug-likeness (QED) is 0.536. The molecule has 3 aromatic rings. The van der Waals surface area contributed by atoms with Crippen molar-refractivity contribution in [1.82, 2.24) is 19.6 Å². The fourth-order valence-corrected chi connectivity index (χ4v) is 4.06. The summed E-state index contributed by atoms with van der Waals surface area (Å²) in [4.78, 5) is 24.4. The van der Waals surface area contributed by atoms with Crippen LogP contribution in [0, 0.1) is 6.92 Å². The van der Waals surface area contributed by atoms with E-state index in [0.717, 1.165) is 64.3 Å². The van der Waals surface area contributed by atoms with Crippen LogP contribution in [0.2, 0.25) is 0 Å². The summed E-state index contributed by atoms with van der Waals surface area (Å²) in [5.74, 6) is 0.725. The molecule has 0 bridgehead atoms. The highest BCUT2D eigenvalue weighted by molar-refractivity contribution is 9.10. The van der Waals surface area contributed by atoms with Gasteiger partial charge in [-0.05, 0) is 81.4 Å². The first kappa shape index (κ1) is 20.8. The fourth-order valence-electron chi connectivity index (χ4n) is 3.72. The Kier molecular flexibility index (Phi) is 5.53. The zero-order valence-corrected chi connectivity index (χ0v) is 19.4. The van der Waals surface area contributed by atoms with Crippen molar-refractivity contribution in [2.24, 2.45) is 0 Å². The number of ether oxygens (including phenoxy) is 1. The number of fused-ring (bicyclic) bond motifs is 2. The molecule has 30 heavy (non-hydrogen) atoms. The second-order valence-corrected chi connectivity index (χ2v) is 9.38. The molecule has 0 saturated heterocycles. The van der Waals surface area contributed by atoms with E-state index in [1.54, 1.807) is 15.6 Å². The summed E-state index contributed by atoms with van der Waals surface area (Å²) >= 11 is 3.62. The number of aromatic nitrogens is 4. The van der Waals surface area contributed by atoms with Gasteiger partial charge in [0.25, 0.3) is 0 Å². The van der Waals surface area contributed by atoms with Crippen molar-refractivity contribution in [2.45, 2.75) is 65.5 Å². The van der Waals surface area contributed by atoms with Gasteiger partial charge >= 0.3 is 6.09 Å². The summed E-state index contributed by atoms with van der Waals surface area (Å²) in [5.41, 5.74) is 3.79. The van der Waals surface area contributed by atoms with Gasteiger partial charge in [0, 0.05) is 17.5 Å². The average molecular weight is 472 g/mol. The van der Waals surface area contributed by atoms with Gasteiger partial charge in [-0.3, -0.25) is 9.88 Å². The predicted octanol–water partition coefficient (Wildman–Crippen LogP) is 5.02. The van der Waals surface area contributed by atoms with Crippen LogP contribution in [0.3, 0.4) is 0 Å². The maximum Gasteiger partial charge on any atom is 0.416 e. The molecule has 3 heterocycles. The molecule has 0 atom stereocenters. The number of anilines is 1. The zero-order valence-electron chi connectivity index (χ0n) is 17.8. The minimum Gasteiger partial charge on any atom is -0.443 e. The summed E-state index contributed by atoms with van der Waals surface area (Å²) in [6.07, 6.45) is 5.20. The standard InChI is InChI=1S/C22H26BrN5O2/c1-14-18(23)19-25-17-11-6-5-10-16(17)20(28(19)26-14)27(21(29)30-22(2,3)4)13-15-9-7-8-12-24-15/h7-9,12H,5-6,10-11,13H2,1-4H3. The first-order valence-corrected chi connectivity index (χ1v) is 11.0. The third-order valence-corrected chi connectivity index (χ3v) is 5.96. The molecule has 0 aromatic carbocycles. The maximum absolute atomic E-state index is 13.4. The molecular weight excluding hydrogens is 446 g/mol. The Bertz CT molecular complexity index is 1090. The minimum atomic E-state index is -0.619. The summed E-state index contributed by atoms with van der Waals surface area (Å²) in [7, 11) is 0. The lowest BCUT2D eigenvalue weighted by Gasteiger charge is -2.30. The van der Waals surface area contributed by atoms with Crippen LogP contribution in [0.5, 0.6) is 0 Å². The van der Waals surface area contributed by atoms with Crippen LogP contribution in [-0.2, 0) is 24.1 Å². The molecule has 0 aliphatic heterocycles. The summed E-state index contributed by atoms with van der Waals surface area (Å²) in [5, 5.41) is 4.70. The van der Waals surface area contributed by atoms with E-state index in [-0.39, 0.29) is 6.54 Å². The smallest absolute Gasteiger partial charge is 0.416 e. The van der Waals surface area contributed by atoms with Gasteiger partial charge in [0.05, 0.1) is 22.4 Å². The molecule has 158 valence electrons. The Morgan fingerprint density at radius 2 is 2.03 bits per heavy atom. The first-order chi connectivity index (χ1) is 14.2. The Morgan fingerprint density at radius 3 is 2.73 bits per heavy atom. The van der Waals surface area contributed by atoms with Crippen LogP contribution in [-0.4, -0.2) is 31.3 Å². The summed E-state index contributed by atoms with van der Waals surface area (Å²) < 4.78 is 8.41. The largest absolute Gasteiger partial charge is 0.443 e. The van der Waals surface area contributed by atoms with Gasteiger partial charge < -0.3 is 4.74 Å². The molecule has 0 N–H and O–H groups in total. The van der Waals surface area contributed by atoms with E-state index in [0.29, 0.717) is 0 Å². The fraction of sp³-hybridized carbons (Fsp3) is 0.455. The van der Waals surface area contributed by atoms with E-state index in [9.17, 15) is 4.79 Å². The lowest BCUT2D eigenvalue weighted by Crippen LogP contribution is -2.39. The molecule has 1 aliphatic carbocycles. The predicted molar refractivity (Wildman–Crippen MR) is 119 cm³/mol. The van der Waals surface area contributed by atoms with E-state index >= 15 is 0 Å². The molecular formula is C22H26BrN5O2. The Labute approximate surface area is 184 Å². The van der Waals surface area contributed by atoms with Crippen LogP contribution in [0.1, 0.15) is 56.3 Å². The lowest BCUT2D eigenvalue weighted by molar-refractivity contribution is 0.0574. The number of hydrogen-bond donors (Lipinski definition) is 0. The minimum absolute atomic E-state index is 0.290. The van der Waals surface area contributed by atoms with Gasteiger partial charge in [-0.25, -0.2) is 9.78 Å². The Morgan fingerprint density at radius 1 is 1.27 bits per heavy atom. The van der Waals surface area contributed by atoms with Crippen molar-refractivity contribution in [1.29, 1.82) is 0 Å². The van der Waals surface area contributed by atoms with E-state index in [4.69, 9.17) is 14.8 Å². The Balaban J connectivity index is 1.93. The summed E-state index contributed by atoms with van der Waals surface area (Å²) in [6.45, 7) is 7.83. The van der Waals surface area contributed by atoms with Gasteiger partial charge in [-0.15, -0.1) is 0 Å². The van der Waals surface area contributed by atoms with Crippen LogP contribution in [0.25, 0.3) is 5.65 Å². The summed E-state index contributed by atoms with van der Waals surface area (Å²) in [6, 6.07) is 5.69. The van der Waals surface area contributed by atoms with Crippen LogP contribution in [0.15, 0.2) is 28.9 Å². The number of halogens is 1. The molecule has 3 aromatic heterocycles. The van der Waals surface area contributed by atoms with Crippen molar-refractivity contribution in [3.05, 3.63) is 51.5 Å². The van der Waals surface area contributed by atoms with Crippen molar-refractivity contribution < 1.29 is 9.53 Å². The molecule has 7 nitrogen and oxygen atoms in total. The second-order valence-electron chi connectivity index (χ2n) is 8.59. The highest BCUT2D eigenvalue weighted by atomic mass is 79.9. The van der Waals surface area contributed by atoms with Gasteiger partial charge in [0.15, 0.2) is 5.65 Å². The normalized spacial score (nSPS) is 13.9.